The van der Waals surface area contributed by atoms with Gasteiger partial charge in [-0.2, -0.15) is 0 Å². The summed E-state index contributed by atoms with van der Waals surface area (Å²) in [6.07, 6.45) is 0. The van der Waals surface area contributed by atoms with Crippen molar-refractivity contribution in [1.82, 2.24) is 4.98 Å². The molecule has 4 heteroatoms. The monoisotopic (exact) mass is 185 g/mol. The van der Waals surface area contributed by atoms with Crippen LogP contribution in [0.2, 0.25) is 5.02 Å². The van der Waals surface area contributed by atoms with E-state index in [1.54, 1.807) is 6.07 Å². The Morgan fingerprint density at radius 2 is 2.27 bits per heavy atom. The van der Waals surface area contributed by atoms with Crippen molar-refractivity contribution in [2.75, 3.05) is 0 Å². The molecule has 11 heavy (non-hydrogen) atoms. The van der Waals surface area contributed by atoms with Gasteiger partial charge in [0.25, 0.3) is 4.84 Å². The van der Waals surface area contributed by atoms with Crippen LogP contribution in [0.1, 0.15) is 0 Å². The van der Waals surface area contributed by atoms with Gasteiger partial charge in [-0.25, -0.2) is 0 Å². The van der Waals surface area contributed by atoms with Crippen LogP contribution in [0, 0.1) is 4.84 Å². The maximum absolute atomic E-state index is 5.81. The molecule has 0 bridgehead atoms. The molecule has 56 valence electrons. The highest BCUT2D eigenvalue weighted by Crippen LogP contribution is 2.22. The van der Waals surface area contributed by atoms with E-state index in [4.69, 9.17) is 28.2 Å². The van der Waals surface area contributed by atoms with Gasteiger partial charge >= 0.3 is 0 Å². The Labute approximate surface area is 72.8 Å². The van der Waals surface area contributed by atoms with Gasteiger partial charge in [-0.1, -0.05) is 17.7 Å². The SMILES string of the molecule is S=c1[nH]c2cccc(Cl)c2o1. The normalized spacial score (nSPS) is 10.6. The predicted octanol–water partition coefficient (Wildman–Crippen LogP) is 3.14. The summed E-state index contributed by atoms with van der Waals surface area (Å²) in [5, 5.41) is 0.579. The van der Waals surface area contributed by atoms with Crippen LogP contribution in [0.25, 0.3) is 11.1 Å². The molecule has 2 aromatic rings. The van der Waals surface area contributed by atoms with E-state index in [0.717, 1.165) is 5.52 Å². The molecule has 0 saturated heterocycles. The lowest BCUT2D eigenvalue weighted by Gasteiger charge is -1.87. The largest absolute Gasteiger partial charge is 0.428 e. The Hall–Kier alpha value is -0.800. The number of benzene rings is 1. The molecule has 0 unspecified atom stereocenters. The number of rotatable bonds is 0. The molecule has 0 aliphatic carbocycles. The number of fused-ring (bicyclic) bond motifs is 1. The van der Waals surface area contributed by atoms with Crippen molar-refractivity contribution < 1.29 is 4.42 Å². The Morgan fingerprint density at radius 3 is 3.00 bits per heavy atom. The van der Waals surface area contributed by atoms with Gasteiger partial charge in [0, 0.05) is 0 Å². The standard InChI is InChI=1S/C7H4ClNOS/c8-4-2-1-3-5-6(4)10-7(11)9-5/h1-3H,(H,9,11). The van der Waals surface area contributed by atoms with Gasteiger partial charge in [-0.05, 0) is 24.4 Å². The zero-order valence-corrected chi connectivity index (χ0v) is 7.00. The highest BCUT2D eigenvalue weighted by Gasteiger charge is 2.01. The molecule has 1 heterocycles. The third-order valence-corrected chi connectivity index (χ3v) is 1.88. The molecule has 0 aliphatic heterocycles. The number of H-pyrrole nitrogens is 1. The number of para-hydroxylation sites is 1. The molecule has 0 amide bonds. The number of aromatic nitrogens is 1. The number of nitrogens with one attached hydrogen (secondary N) is 1. The Balaban J connectivity index is 3.01. The number of hydrogen-bond acceptors (Lipinski definition) is 2. The highest BCUT2D eigenvalue weighted by molar-refractivity contribution is 7.71. The zero-order chi connectivity index (χ0) is 7.84. The molecule has 2 rings (SSSR count). The first kappa shape index (κ1) is 6.88. The van der Waals surface area contributed by atoms with E-state index in [9.17, 15) is 0 Å². The second kappa shape index (κ2) is 2.36. The lowest BCUT2D eigenvalue weighted by atomic mass is 10.3. The number of oxazole rings is 1. The molecule has 2 nitrogen and oxygen atoms in total. The molecule has 0 radical (unpaired) electrons. The van der Waals surface area contributed by atoms with E-state index in [1.165, 1.54) is 0 Å². The number of halogens is 1. The van der Waals surface area contributed by atoms with Crippen LogP contribution < -0.4 is 0 Å². The summed E-state index contributed by atoms with van der Waals surface area (Å²) in [5.41, 5.74) is 1.46. The maximum Gasteiger partial charge on any atom is 0.266 e. The molecule has 1 aromatic carbocycles. The van der Waals surface area contributed by atoms with Crippen molar-refractivity contribution in [1.29, 1.82) is 0 Å². The lowest BCUT2D eigenvalue weighted by molar-refractivity contribution is 0.583. The van der Waals surface area contributed by atoms with Crippen LogP contribution in [0.15, 0.2) is 22.6 Å². The van der Waals surface area contributed by atoms with Crippen LogP contribution in [0.4, 0.5) is 0 Å². The van der Waals surface area contributed by atoms with Gasteiger partial charge in [0.15, 0.2) is 5.58 Å². The van der Waals surface area contributed by atoms with Crippen molar-refractivity contribution in [3.05, 3.63) is 28.1 Å². The Bertz CT molecular complexity index is 445. The summed E-state index contributed by atoms with van der Waals surface area (Å²) >= 11 is 10.6. The summed E-state index contributed by atoms with van der Waals surface area (Å²) in [4.78, 5) is 3.22. The summed E-state index contributed by atoms with van der Waals surface area (Å²) in [5.74, 6) is 0. The van der Waals surface area contributed by atoms with Gasteiger partial charge in [-0.15, -0.1) is 0 Å². The van der Waals surface area contributed by atoms with E-state index < -0.39 is 0 Å². The van der Waals surface area contributed by atoms with E-state index in [1.807, 2.05) is 12.1 Å². The minimum atomic E-state index is 0.355. The van der Waals surface area contributed by atoms with Crippen molar-refractivity contribution >= 4 is 34.9 Å². The van der Waals surface area contributed by atoms with Crippen LogP contribution in [0.3, 0.4) is 0 Å². The quantitative estimate of drug-likeness (QED) is 0.639. The first-order valence-corrected chi connectivity index (χ1v) is 3.83. The number of hydrogen-bond donors (Lipinski definition) is 1. The van der Waals surface area contributed by atoms with Crippen molar-refractivity contribution in [3.8, 4) is 0 Å². The van der Waals surface area contributed by atoms with Gasteiger partial charge in [0.1, 0.15) is 0 Å². The summed E-state index contributed by atoms with van der Waals surface area (Å²) in [6.45, 7) is 0. The van der Waals surface area contributed by atoms with Crippen molar-refractivity contribution in [2.45, 2.75) is 0 Å². The summed E-state index contributed by atoms with van der Waals surface area (Å²) in [6, 6.07) is 5.46. The van der Waals surface area contributed by atoms with Gasteiger partial charge < -0.3 is 9.40 Å². The second-order valence-corrected chi connectivity index (χ2v) is 2.91. The fourth-order valence-electron chi connectivity index (χ4n) is 0.939. The minimum Gasteiger partial charge on any atom is -0.428 e. The average molecular weight is 186 g/mol. The molecule has 0 atom stereocenters. The molecular formula is C7H4ClNOS. The topological polar surface area (TPSA) is 28.9 Å². The van der Waals surface area contributed by atoms with Crippen LogP contribution in [0.5, 0.6) is 0 Å². The molecule has 0 spiro atoms. The van der Waals surface area contributed by atoms with E-state index in [0.29, 0.717) is 15.4 Å². The second-order valence-electron chi connectivity index (χ2n) is 2.13. The minimum absolute atomic E-state index is 0.355. The smallest absolute Gasteiger partial charge is 0.266 e. The fourth-order valence-corrected chi connectivity index (χ4v) is 1.35. The molecular weight excluding hydrogens is 182 g/mol. The Kier molecular flexibility index (Phi) is 1.47. The zero-order valence-electron chi connectivity index (χ0n) is 5.43. The maximum atomic E-state index is 5.81. The Morgan fingerprint density at radius 1 is 1.45 bits per heavy atom. The third kappa shape index (κ3) is 1.06. The van der Waals surface area contributed by atoms with Crippen molar-refractivity contribution in [3.63, 3.8) is 0 Å². The molecule has 0 aliphatic rings. The molecule has 1 aromatic heterocycles. The molecule has 1 N–H and O–H groups in total. The lowest BCUT2D eigenvalue weighted by Crippen LogP contribution is -1.66. The van der Waals surface area contributed by atoms with Gasteiger partial charge in [-0.3, -0.25) is 0 Å². The van der Waals surface area contributed by atoms with Gasteiger partial charge in [0.05, 0.1) is 10.5 Å². The van der Waals surface area contributed by atoms with Crippen LogP contribution in [-0.2, 0) is 0 Å². The van der Waals surface area contributed by atoms with Crippen molar-refractivity contribution in [2.24, 2.45) is 0 Å². The first-order chi connectivity index (χ1) is 5.27. The highest BCUT2D eigenvalue weighted by atomic mass is 35.5. The van der Waals surface area contributed by atoms with E-state index in [-0.39, 0.29) is 0 Å². The molecule has 0 fully saturated rings. The summed E-state index contributed by atoms with van der Waals surface area (Å²) in [7, 11) is 0. The van der Waals surface area contributed by atoms with Crippen LogP contribution in [-0.4, -0.2) is 4.98 Å². The van der Waals surface area contributed by atoms with Gasteiger partial charge in [0.2, 0.25) is 0 Å². The fraction of sp³-hybridized carbons (Fsp3) is 0. The van der Waals surface area contributed by atoms with Crippen LogP contribution >= 0.6 is 23.8 Å². The van der Waals surface area contributed by atoms with E-state index >= 15 is 0 Å². The first-order valence-electron chi connectivity index (χ1n) is 3.05. The number of aromatic amines is 1. The summed E-state index contributed by atoms with van der Waals surface area (Å²) < 4.78 is 5.13. The van der Waals surface area contributed by atoms with E-state index in [2.05, 4.69) is 4.98 Å². The average Bonchev–Trinajstić information content (AvgIpc) is 2.31. The third-order valence-electron chi connectivity index (χ3n) is 1.40. The predicted molar refractivity (Wildman–Crippen MR) is 46.4 cm³/mol. The molecule has 0 saturated carbocycles.